The summed E-state index contributed by atoms with van der Waals surface area (Å²) in [5.74, 6) is 0.0281. The average Bonchev–Trinajstić information content (AvgIpc) is 2.97. The molecule has 0 atom stereocenters. The molecule has 0 radical (unpaired) electrons. The van der Waals surface area contributed by atoms with Gasteiger partial charge in [-0.1, -0.05) is 13.0 Å². The Balaban J connectivity index is 1.36. The second-order valence-electron chi connectivity index (χ2n) is 9.58. The maximum atomic E-state index is 15.4. The predicted octanol–water partition coefficient (Wildman–Crippen LogP) is 4.49. The van der Waals surface area contributed by atoms with E-state index in [-0.39, 0.29) is 11.5 Å². The molecule has 0 aliphatic carbocycles. The molecule has 2 aliphatic heterocycles. The molecule has 5 rings (SSSR count). The number of aryl methyl sites for hydroxylation is 1. The molecule has 0 spiro atoms. The molecule has 194 valence electrons. The van der Waals surface area contributed by atoms with Gasteiger partial charge < -0.3 is 15.0 Å². The topological polar surface area (TPSA) is 70.6 Å². The van der Waals surface area contributed by atoms with Crippen LogP contribution in [0.3, 0.4) is 0 Å². The molecule has 0 bridgehead atoms. The van der Waals surface area contributed by atoms with Gasteiger partial charge in [-0.2, -0.15) is 0 Å². The normalized spacial score (nSPS) is 17.1. The van der Waals surface area contributed by atoms with Crippen molar-refractivity contribution in [3.05, 3.63) is 65.9 Å². The molecule has 3 aromatic rings. The van der Waals surface area contributed by atoms with Crippen LogP contribution in [0.25, 0.3) is 22.3 Å². The molecule has 1 amide bonds. The van der Waals surface area contributed by atoms with Gasteiger partial charge in [-0.25, -0.2) is 9.37 Å². The first-order valence-electron chi connectivity index (χ1n) is 13.1. The van der Waals surface area contributed by atoms with Crippen LogP contribution in [-0.2, 0) is 11.2 Å². The van der Waals surface area contributed by atoms with Crippen molar-refractivity contribution in [2.24, 2.45) is 0 Å². The quantitative estimate of drug-likeness (QED) is 0.535. The Morgan fingerprint density at radius 2 is 1.81 bits per heavy atom. The number of carbonyl (C=O) groups excluding carboxylic acids is 1. The van der Waals surface area contributed by atoms with Crippen molar-refractivity contribution in [2.75, 3.05) is 51.8 Å². The summed E-state index contributed by atoms with van der Waals surface area (Å²) in [4.78, 5) is 26.5. The molecule has 2 aromatic heterocycles. The van der Waals surface area contributed by atoms with E-state index in [1.54, 1.807) is 23.4 Å². The molecule has 0 unspecified atom stereocenters. The highest BCUT2D eigenvalue weighted by molar-refractivity contribution is 5.95. The lowest BCUT2D eigenvalue weighted by Crippen LogP contribution is -2.53. The molecular weight excluding hydrogens is 469 g/mol. The fourth-order valence-corrected chi connectivity index (χ4v) is 5.39. The second-order valence-corrected chi connectivity index (χ2v) is 9.58. The zero-order valence-corrected chi connectivity index (χ0v) is 21.5. The largest absolute Gasteiger partial charge is 0.381 e. The van der Waals surface area contributed by atoms with Gasteiger partial charge in [0, 0.05) is 81.7 Å². The molecule has 2 saturated heterocycles. The Bertz CT molecular complexity index is 1240. The fraction of sp³-hybridized carbons (Fsp3) is 0.414. The molecule has 7 nitrogen and oxygen atoms in total. The van der Waals surface area contributed by atoms with Gasteiger partial charge in [0.05, 0.1) is 5.56 Å². The average molecular weight is 504 g/mol. The predicted molar refractivity (Wildman–Crippen MR) is 143 cm³/mol. The summed E-state index contributed by atoms with van der Waals surface area (Å²) < 4.78 is 20.9. The SMILES string of the molecule is CCc1nccc(-c2ccc(C(=O)N3CCN(C4CCOCC4)CC3)c(F)c2)c1-c1ccc(NC)nc1. The molecule has 2 aliphatic rings. The zero-order valence-electron chi connectivity index (χ0n) is 21.5. The Kier molecular flexibility index (Phi) is 7.76. The van der Waals surface area contributed by atoms with E-state index in [0.29, 0.717) is 24.7 Å². The van der Waals surface area contributed by atoms with Crippen molar-refractivity contribution in [1.82, 2.24) is 19.8 Å². The van der Waals surface area contributed by atoms with Crippen LogP contribution >= 0.6 is 0 Å². The number of rotatable bonds is 6. The van der Waals surface area contributed by atoms with Crippen LogP contribution in [0, 0.1) is 5.82 Å². The third-order valence-electron chi connectivity index (χ3n) is 7.49. The van der Waals surface area contributed by atoms with Gasteiger partial charge in [-0.3, -0.25) is 14.7 Å². The molecular formula is C29H34FN5O2. The maximum absolute atomic E-state index is 15.4. The number of hydrogen-bond acceptors (Lipinski definition) is 6. The summed E-state index contributed by atoms with van der Waals surface area (Å²) in [6.45, 7) is 6.52. The number of nitrogens with one attached hydrogen (secondary N) is 1. The monoisotopic (exact) mass is 503 g/mol. The third-order valence-corrected chi connectivity index (χ3v) is 7.49. The van der Waals surface area contributed by atoms with Crippen molar-refractivity contribution in [3.63, 3.8) is 0 Å². The van der Waals surface area contributed by atoms with E-state index in [1.807, 2.05) is 31.3 Å². The van der Waals surface area contributed by atoms with Gasteiger partial charge in [0.2, 0.25) is 0 Å². The van der Waals surface area contributed by atoms with Crippen LogP contribution in [0.1, 0.15) is 35.8 Å². The Labute approximate surface area is 217 Å². The third kappa shape index (κ3) is 5.36. The number of benzene rings is 1. The van der Waals surface area contributed by atoms with Gasteiger partial charge in [0.25, 0.3) is 5.91 Å². The Morgan fingerprint density at radius 3 is 2.46 bits per heavy atom. The number of ether oxygens (including phenoxy) is 1. The standard InChI is InChI=1S/C29H34FN5O2/c1-3-26-28(21-5-7-27(31-2)33-19-21)23(8-11-32-26)20-4-6-24(25(30)18-20)29(36)35-14-12-34(13-15-35)22-9-16-37-17-10-22/h4-8,11,18-19,22H,3,9-10,12-17H2,1-2H3,(H,31,33). The van der Waals surface area contributed by atoms with E-state index in [9.17, 15) is 4.79 Å². The molecule has 4 heterocycles. The number of halogens is 1. The lowest BCUT2D eigenvalue weighted by Gasteiger charge is -2.40. The molecule has 2 fully saturated rings. The van der Waals surface area contributed by atoms with Crippen molar-refractivity contribution in [2.45, 2.75) is 32.2 Å². The molecule has 37 heavy (non-hydrogen) atoms. The van der Waals surface area contributed by atoms with Crippen LogP contribution in [0.4, 0.5) is 10.2 Å². The smallest absolute Gasteiger partial charge is 0.256 e. The zero-order chi connectivity index (χ0) is 25.8. The number of anilines is 1. The minimum Gasteiger partial charge on any atom is -0.381 e. The fourth-order valence-electron chi connectivity index (χ4n) is 5.39. The summed E-state index contributed by atoms with van der Waals surface area (Å²) in [7, 11) is 1.83. The van der Waals surface area contributed by atoms with Crippen LogP contribution in [-0.4, -0.2) is 78.2 Å². The number of pyridine rings is 2. The first kappa shape index (κ1) is 25.3. The lowest BCUT2D eigenvalue weighted by atomic mass is 9.93. The Hall–Kier alpha value is -3.36. The Morgan fingerprint density at radius 1 is 1.05 bits per heavy atom. The molecule has 0 saturated carbocycles. The highest BCUT2D eigenvalue weighted by Gasteiger charge is 2.29. The summed E-state index contributed by atoms with van der Waals surface area (Å²) in [6, 6.07) is 11.3. The van der Waals surface area contributed by atoms with E-state index in [4.69, 9.17) is 4.74 Å². The van der Waals surface area contributed by atoms with Crippen LogP contribution < -0.4 is 5.32 Å². The van der Waals surface area contributed by atoms with Crippen molar-refractivity contribution in [3.8, 4) is 22.3 Å². The van der Waals surface area contributed by atoms with E-state index < -0.39 is 5.82 Å². The maximum Gasteiger partial charge on any atom is 0.256 e. The minimum atomic E-state index is -0.501. The summed E-state index contributed by atoms with van der Waals surface area (Å²) in [5, 5.41) is 3.03. The van der Waals surface area contributed by atoms with Crippen LogP contribution in [0.2, 0.25) is 0 Å². The van der Waals surface area contributed by atoms with Crippen molar-refractivity contribution >= 4 is 11.7 Å². The van der Waals surface area contributed by atoms with E-state index in [0.717, 1.165) is 73.8 Å². The van der Waals surface area contributed by atoms with E-state index in [2.05, 4.69) is 27.1 Å². The number of carbonyl (C=O) groups is 1. The molecule has 1 aromatic carbocycles. The number of hydrogen-bond donors (Lipinski definition) is 1. The number of piperazine rings is 1. The van der Waals surface area contributed by atoms with Crippen LogP contribution in [0.15, 0.2) is 48.8 Å². The van der Waals surface area contributed by atoms with Gasteiger partial charge >= 0.3 is 0 Å². The number of nitrogens with zero attached hydrogens (tertiary/aromatic N) is 4. The highest BCUT2D eigenvalue weighted by Crippen LogP contribution is 2.35. The molecule has 8 heteroatoms. The second kappa shape index (κ2) is 11.4. The van der Waals surface area contributed by atoms with Gasteiger partial charge in [0.1, 0.15) is 11.6 Å². The lowest BCUT2D eigenvalue weighted by molar-refractivity contribution is 0.0136. The first-order valence-corrected chi connectivity index (χ1v) is 13.1. The number of amides is 1. The van der Waals surface area contributed by atoms with Gasteiger partial charge in [-0.15, -0.1) is 0 Å². The number of aromatic nitrogens is 2. The first-order chi connectivity index (χ1) is 18.1. The highest BCUT2D eigenvalue weighted by atomic mass is 19.1. The minimum absolute atomic E-state index is 0.120. The van der Waals surface area contributed by atoms with Gasteiger partial charge in [-0.05, 0) is 60.7 Å². The summed E-state index contributed by atoms with van der Waals surface area (Å²) in [5.41, 5.74) is 4.47. The van der Waals surface area contributed by atoms with E-state index >= 15 is 4.39 Å². The van der Waals surface area contributed by atoms with E-state index in [1.165, 1.54) is 6.07 Å². The van der Waals surface area contributed by atoms with Crippen LogP contribution in [0.5, 0.6) is 0 Å². The van der Waals surface area contributed by atoms with Gasteiger partial charge in [0.15, 0.2) is 0 Å². The van der Waals surface area contributed by atoms with Crippen molar-refractivity contribution in [1.29, 1.82) is 0 Å². The molecule has 1 N–H and O–H groups in total. The van der Waals surface area contributed by atoms with Crippen molar-refractivity contribution < 1.29 is 13.9 Å². The summed E-state index contributed by atoms with van der Waals surface area (Å²) in [6.07, 6.45) is 6.37. The summed E-state index contributed by atoms with van der Waals surface area (Å²) >= 11 is 0.